The van der Waals surface area contributed by atoms with E-state index in [2.05, 4.69) is 15.9 Å². The van der Waals surface area contributed by atoms with E-state index in [0.29, 0.717) is 12.1 Å². The Morgan fingerprint density at radius 1 is 1.29 bits per heavy atom. The topological polar surface area (TPSA) is 70.8 Å². The highest BCUT2D eigenvalue weighted by atomic mass is 32.2. The van der Waals surface area contributed by atoms with E-state index in [1.807, 2.05) is 11.9 Å². The Kier molecular flexibility index (Phi) is 11.4. The van der Waals surface area contributed by atoms with E-state index in [4.69, 9.17) is 15.6 Å². The highest BCUT2D eigenvalue weighted by Gasteiger charge is 2.14. The molecule has 0 bridgehead atoms. The molecule has 2 rings (SSSR count). The van der Waals surface area contributed by atoms with Crippen molar-refractivity contribution in [2.45, 2.75) is 25.0 Å². The quantitative estimate of drug-likeness (QED) is 0.606. The summed E-state index contributed by atoms with van der Waals surface area (Å²) in [6, 6.07) is 0.466. The minimum atomic E-state index is 0.466. The summed E-state index contributed by atoms with van der Waals surface area (Å²) in [5, 5.41) is 10.1. The van der Waals surface area contributed by atoms with Gasteiger partial charge in [0.15, 0.2) is 0 Å². The van der Waals surface area contributed by atoms with Gasteiger partial charge < -0.3 is 20.9 Å². The average molecular weight is 265 g/mol. The lowest BCUT2D eigenvalue weighted by atomic mass is 10.1. The maximum Gasteiger partial charge on any atom is 0.0819 e. The summed E-state index contributed by atoms with van der Waals surface area (Å²) in [4.78, 5) is 0. The van der Waals surface area contributed by atoms with E-state index in [-0.39, 0.29) is 0 Å². The molecule has 2 heterocycles. The molecular weight excluding hydrogens is 238 g/mol. The maximum absolute atomic E-state index is 7.00. The van der Waals surface area contributed by atoms with Crippen LogP contribution in [0.3, 0.4) is 0 Å². The van der Waals surface area contributed by atoms with Crippen molar-refractivity contribution in [3.8, 4) is 0 Å². The van der Waals surface area contributed by atoms with Crippen LogP contribution in [0.5, 0.6) is 0 Å². The zero-order valence-corrected chi connectivity index (χ0v) is 12.0. The van der Waals surface area contributed by atoms with E-state index in [1.54, 1.807) is 7.11 Å². The minimum absolute atomic E-state index is 0.466. The third-order valence-corrected chi connectivity index (χ3v) is 3.72. The lowest BCUT2D eigenvalue weighted by Crippen LogP contribution is -2.47. The smallest absolute Gasteiger partial charge is 0.0819 e. The lowest BCUT2D eigenvalue weighted by Gasteiger charge is -2.27. The van der Waals surface area contributed by atoms with Crippen molar-refractivity contribution in [3.05, 3.63) is 0 Å². The molecule has 2 saturated heterocycles. The Bertz CT molecular complexity index is 160. The molecule has 0 aliphatic carbocycles. The number of methoxy groups -OCH3 is 1. The fourth-order valence-electron chi connectivity index (χ4n) is 1.49. The van der Waals surface area contributed by atoms with Gasteiger partial charge >= 0.3 is 0 Å². The van der Waals surface area contributed by atoms with Gasteiger partial charge in [0, 0.05) is 46.4 Å². The number of rotatable bonds is 2. The molecule has 2 aliphatic heterocycles. The van der Waals surface area contributed by atoms with Crippen LogP contribution in [0.4, 0.5) is 0 Å². The summed E-state index contributed by atoms with van der Waals surface area (Å²) in [5.74, 6) is 0. The van der Waals surface area contributed by atoms with Crippen molar-refractivity contribution in [1.82, 2.24) is 9.62 Å². The molecule has 17 heavy (non-hydrogen) atoms. The van der Waals surface area contributed by atoms with Crippen LogP contribution in [0, 0.1) is 0 Å². The van der Waals surface area contributed by atoms with Crippen LogP contribution in [0.2, 0.25) is 0 Å². The molecule has 0 atom stereocenters. The summed E-state index contributed by atoms with van der Waals surface area (Å²) in [6.07, 6.45) is 4.96. The summed E-state index contributed by atoms with van der Waals surface area (Å²) in [5.41, 5.74) is 5.72. The van der Waals surface area contributed by atoms with Crippen LogP contribution in [-0.4, -0.2) is 68.2 Å². The van der Waals surface area contributed by atoms with Crippen molar-refractivity contribution in [3.63, 3.8) is 0 Å². The van der Waals surface area contributed by atoms with Gasteiger partial charge in [-0.05, 0) is 19.1 Å². The van der Waals surface area contributed by atoms with Crippen LogP contribution < -0.4 is 11.1 Å². The second-order valence-corrected chi connectivity index (χ2v) is 4.85. The molecule has 6 heteroatoms. The molecule has 0 aromatic carbocycles. The van der Waals surface area contributed by atoms with Crippen molar-refractivity contribution >= 4 is 11.9 Å². The van der Waals surface area contributed by atoms with Gasteiger partial charge in [-0.15, -0.1) is 0 Å². The van der Waals surface area contributed by atoms with Gasteiger partial charge in [0.2, 0.25) is 0 Å². The van der Waals surface area contributed by atoms with E-state index in [1.165, 1.54) is 25.9 Å². The van der Waals surface area contributed by atoms with E-state index in [0.717, 1.165) is 20.2 Å². The van der Waals surface area contributed by atoms with Crippen molar-refractivity contribution in [2.24, 2.45) is 5.73 Å². The van der Waals surface area contributed by atoms with E-state index < -0.39 is 0 Å². The van der Waals surface area contributed by atoms with Gasteiger partial charge in [0.05, 0.1) is 6.10 Å². The van der Waals surface area contributed by atoms with E-state index in [9.17, 15) is 0 Å². The molecule has 0 unspecified atom stereocenters. The fourth-order valence-corrected chi connectivity index (χ4v) is 2.06. The Hall–Kier alpha value is 0.150. The molecule has 4 N–H and O–H groups in total. The van der Waals surface area contributed by atoms with Crippen LogP contribution >= 0.6 is 11.9 Å². The number of aliphatic hydroxyl groups is 1. The second-order valence-electron chi connectivity index (χ2n) is 3.96. The van der Waals surface area contributed by atoms with Crippen LogP contribution in [-0.2, 0) is 4.74 Å². The number of piperidine rings is 1. The molecule has 0 aromatic heterocycles. The molecule has 0 aromatic rings. The number of nitrogens with zero attached hydrogens (tertiary/aromatic N) is 1. The first-order chi connectivity index (χ1) is 8.26. The second kappa shape index (κ2) is 11.3. The molecule has 0 spiro atoms. The summed E-state index contributed by atoms with van der Waals surface area (Å²) in [6.45, 7) is 4.41. The van der Waals surface area contributed by atoms with Crippen molar-refractivity contribution < 1.29 is 9.84 Å². The van der Waals surface area contributed by atoms with Gasteiger partial charge in [-0.1, -0.05) is 11.9 Å². The number of nitrogens with one attached hydrogen (secondary N) is 1. The van der Waals surface area contributed by atoms with Crippen LogP contribution in [0.15, 0.2) is 0 Å². The standard InChI is InChI=1S/C6H14N2S.C4H9NO.CH4O/c1-9-8-4-2-6(7)3-5-8;1-6-4-2-5-3-4;1-2/h6H,2-5,7H2,1H3;4-5H,2-3H2,1H3;2H,1H3. The first-order valence-corrected chi connectivity index (χ1v) is 7.17. The van der Waals surface area contributed by atoms with Crippen molar-refractivity contribution in [1.29, 1.82) is 0 Å². The molecule has 2 aliphatic rings. The number of ether oxygens (including phenoxy) is 1. The first-order valence-electron chi connectivity index (χ1n) is 5.99. The SMILES string of the molecule is CO.COC1CNC1.CSN1CCC(N)CC1. The highest BCUT2D eigenvalue weighted by molar-refractivity contribution is 7.96. The summed E-state index contributed by atoms with van der Waals surface area (Å²) >= 11 is 1.83. The third-order valence-electron chi connectivity index (χ3n) is 2.83. The Morgan fingerprint density at radius 3 is 2.06 bits per heavy atom. The first kappa shape index (κ1) is 17.2. The molecule has 0 saturated carbocycles. The predicted molar refractivity (Wildman–Crippen MR) is 74.1 cm³/mol. The van der Waals surface area contributed by atoms with Gasteiger partial charge in [0.25, 0.3) is 0 Å². The van der Waals surface area contributed by atoms with Crippen molar-refractivity contribution in [2.75, 3.05) is 46.7 Å². The summed E-state index contributed by atoms with van der Waals surface area (Å²) < 4.78 is 7.29. The molecule has 5 nitrogen and oxygen atoms in total. The number of nitrogens with two attached hydrogens (primary N) is 1. The molecule has 0 amide bonds. The zero-order chi connectivity index (χ0) is 13.1. The summed E-state index contributed by atoms with van der Waals surface area (Å²) in [7, 11) is 2.74. The highest BCUT2D eigenvalue weighted by Crippen LogP contribution is 2.14. The Labute approximate surface area is 109 Å². The predicted octanol–water partition coefficient (Wildman–Crippen LogP) is -0.0994. The zero-order valence-electron chi connectivity index (χ0n) is 11.2. The molecular formula is C11H27N3O2S. The minimum Gasteiger partial charge on any atom is -0.400 e. The monoisotopic (exact) mass is 265 g/mol. The Balaban J connectivity index is 0.000000278. The van der Waals surface area contributed by atoms with E-state index >= 15 is 0 Å². The Morgan fingerprint density at radius 2 is 1.82 bits per heavy atom. The van der Waals surface area contributed by atoms with Gasteiger partial charge in [-0.2, -0.15) is 0 Å². The number of aliphatic hydroxyl groups excluding tert-OH is 1. The van der Waals surface area contributed by atoms with Crippen LogP contribution in [0.1, 0.15) is 12.8 Å². The van der Waals surface area contributed by atoms with Gasteiger partial charge in [-0.3, -0.25) is 4.31 Å². The average Bonchev–Trinajstić information content (AvgIpc) is 2.32. The number of hydrogen-bond donors (Lipinski definition) is 3. The van der Waals surface area contributed by atoms with Crippen LogP contribution in [0.25, 0.3) is 0 Å². The third kappa shape index (κ3) is 7.96. The lowest BCUT2D eigenvalue weighted by molar-refractivity contribution is 0.0600. The number of hydrogen-bond acceptors (Lipinski definition) is 6. The van der Waals surface area contributed by atoms with Gasteiger partial charge in [0.1, 0.15) is 0 Å². The largest absolute Gasteiger partial charge is 0.400 e. The normalized spacial score (nSPS) is 21.7. The van der Waals surface area contributed by atoms with Gasteiger partial charge in [-0.25, -0.2) is 0 Å². The molecule has 0 radical (unpaired) electrons. The molecule has 2 fully saturated rings. The fraction of sp³-hybridized carbons (Fsp3) is 1.00. The maximum atomic E-state index is 7.00. The molecule has 104 valence electrons.